The molecule has 0 aliphatic heterocycles. The minimum atomic E-state index is 0.164. The lowest BCUT2D eigenvalue weighted by Gasteiger charge is -2.12. The average molecular weight is 436 g/mol. The minimum Gasteiger partial charge on any atom is -0.493 e. The highest BCUT2D eigenvalue weighted by molar-refractivity contribution is 5.76. The third-order valence-corrected chi connectivity index (χ3v) is 5.74. The molecule has 1 N–H and O–H groups in total. The molecule has 1 heterocycles. The largest absolute Gasteiger partial charge is 0.493 e. The molecule has 0 aliphatic carbocycles. The quantitative estimate of drug-likeness (QED) is 0.348. The molecule has 0 saturated carbocycles. The molecule has 32 heavy (non-hydrogen) atoms. The molecule has 0 fully saturated rings. The number of benzene rings is 2. The summed E-state index contributed by atoms with van der Waals surface area (Å²) in [6.45, 7) is 8.56. The molecule has 0 unspecified atom stereocenters. The SMILES string of the molecule is CCCC(=O)NCCCCCc1nc2ccccc2n1CCCOc1cc(C)ccc1C. The second-order valence-corrected chi connectivity index (χ2v) is 8.55. The molecule has 0 saturated heterocycles. The van der Waals surface area contributed by atoms with E-state index in [0.29, 0.717) is 13.0 Å². The van der Waals surface area contributed by atoms with Gasteiger partial charge in [0.25, 0.3) is 0 Å². The Morgan fingerprint density at radius 1 is 1.06 bits per heavy atom. The number of imidazole rings is 1. The van der Waals surface area contributed by atoms with Crippen molar-refractivity contribution in [2.45, 2.75) is 72.3 Å². The van der Waals surface area contributed by atoms with Gasteiger partial charge in [0, 0.05) is 25.9 Å². The van der Waals surface area contributed by atoms with Crippen molar-refractivity contribution in [3.63, 3.8) is 0 Å². The van der Waals surface area contributed by atoms with Crippen molar-refractivity contribution in [2.24, 2.45) is 0 Å². The third kappa shape index (κ3) is 6.84. The van der Waals surface area contributed by atoms with Gasteiger partial charge in [-0.05, 0) is 68.9 Å². The van der Waals surface area contributed by atoms with E-state index in [9.17, 15) is 4.79 Å². The highest BCUT2D eigenvalue weighted by Crippen LogP contribution is 2.21. The summed E-state index contributed by atoms with van der Waals surface area (Å²) in [6, 6.07) is 14.7. The summed E-state index contributed by atoms with van der Waals surface area (Å²) in [5, 5.41) is 3.00. The number of hydrogen-bond acceptors (Lipinski definition) is 3. The number of unbranched alkanes of at least 4 members (excludes halogenated alkanes) is 2. The zero-order valence-corrected chi connectivity index (χ0v) is 19.8. The fraction of sp³-hybridized carbons (Fsp3) is 0.481. The third-order valence-electron chi connectivity index (χ3n) is 5.74. The van der Waals surface area contributed by atoms with E-state index < -0.39 is 0 Å². The molecule has 172 valence electrons. The van der Waals surface area contributed by atoms with Crippen LogP contribution in [0, 0.1) is 13.8 Å². The summed E-state index contributed by atoms with van der Waals surface area (Å²) in [5.74, 6) is 2.29. The number of aryl methyl sites for hydroxylation is 4. The Morgan fingerprint density at radius 2 is 1.91 bits per heavy atom. The zero-order valence-electron chi connectivity index (χ0n) is 19.8. The number of carbonyl (C=O) groups excluding carboxylic acids is 1. The van der Waals surface area contributed by atoms with Crippen molar-refractivity contribution < 1.29 is 9.53 Å². The molecule has 0 radical (unpaired) electrons. The first-order valence-corrected chi connectivity index (χ1v) is 12.0. The molecule has 0 atom stereocenters. The number of para-hydroxylation sites is 2. The maximum atomic E-state index is 11.6. The molecule has 0 aliphatic rings. The van der Waals surface area contributed by atoms with Gasteiger partial charge in [-0.25, -0.2) is 4.98 Å². The van der Waals surface area contributed by atoms with E-state index in [1.165, 1.54) is 16.6 Å². The normalized spacial score (nSPS) is 11.1. The molecule has 3 rings (SSSR count). The molecule has 2 aromatic carbocycles. The summed E-state index contributed by atoms with van der Waals surface area (Å²) in [5.41, 5.74) is 4.65. The number of nitrogens with one attached hydrogen (secondary N) is 1. The van der Waals surface area contributed by atoms with Gasteiger partial charge in [0.15, 0.2) is 0 Å². The molecule has 0 spiro atoms. The van der Waals surface area contributed by atoms with Crippen LogP contribution in [0.25, 0.3) is 11.0 Å². The second-order valence-electron chi connectivity index (χ2n) is 8.55. The van der Waals surface area contributed by atoms with Crippen molar-refractivity contribution >= 4 is 16.9 Å². The van der Waals surface area contributed by atoms with Crippen molar-refractivity contribution in [2.75, 3.05) is 13.2 Å². The molecule has 3 aromatic rings. The average Bonchev–Trinajstić information content (AvgIpc) is 3.13. The standard InChI is InChI=1S/C27H37N3O2/c1-4-11-27(31)28-17-9-5-6-14-26-29-23-12-7-8-13-24(23)30(26)18-10-19-32-25-20-21(2)15-16-22(25)3/h7-8,12-13,15-16,20H,4-6,9-11,14,17-19H2,1-3H3,(H,28,31). The number of ether oxygens (including phenoxy) is 1. The van der Waals surface area contributed by atoms with Gasteiger partial charge in [-0.15, -0.1) is 0 Å². The van der Waals surface area contributed by atoms with Crippen LogP contribution in [-0.4, -0.2) is 28.6 Å². The Hall–Kier alpha value is -2.82. The molecular formula is C27H37N3O2. The molecule has 5 nitrogen and oxygen atoms in total. The van der Waals surface area contributed by atoms with Crippen LogP contribution >= 0.6 is 0 Å². The van der Waals surface area contributed by atoms with Crippen LogP contribution in [-0.2, 0) is 17.8 Å². The highest BCUT2D eigenvalue weighted by atomic mass is 16.5. The zero-order chi connectivity index (χ0) is 22.8. The van der Waals surface area contributed by atoms with Crippen LogP contribution in [0.2, 0.25) is 0 Å². The molecule has 5 heteroatoms. The van der Waals surface area contributed by atoms with Gasteiger partial charge >= 0.3 is 0 Å². The van der Waals surface area contributed by atoms with Crippen LogP contribution in [0.5, 0.6) is 5.75 Å². The number of rotatable bonds is 13. The lowest BCUT2D eigenvalue weighted by atomic mass is 10.1. The first-order valence-electron chi connectivity index (χ1n) is 12.0. The van der Waals surface area contributed by atoms with Gasteiger partial charge in [-0.2, -0.15) is 0 Å². The monoisotopic (exact) mass is 435 g/mol. The predicted molar refractivity (Wildman–Crippen MR) is 131 cm³/mol. The van der Waals surface area contributed by atoms with Gasteiger partial charge in [0.1, 0.15) is 11.6 Å². The first-order chi connectivity index (χ1) is 15.6. The van der Waals surface area contributed by atoms with Crippen LogP contribution in [0.15, 0.2) is 42.5 Å². The van der Waals surface area contributed by atoms with E-state index in [0.717, 1.165) is 68.7 Å². The summed E-state index contributed by atoms with van der Waals surface area (Å²) >= 11 is 0. The van der Waals surface area contributed by atoms with E-state index in [4.69, 9.17) is 9.72 Å². The minimum absolute atomic E-state index is 0.164. The van der Waals surface area contributed by atoms with Gasteiger partial charge in [0.2, 0.25) is 5.91 Å². The van der Waals surface area contributed by atoms with Gasteiger partial charge in [-0.1, -0.05) is 37.6 Å². The lowest BCUT2D eigenvalue weighted by Crippen LogP contribution is -2.23. The van der Waals surface area contributed by atoms with E-state index in [-0.39, 0.29) is 5.91 Å². The van der Waals surface area contributed by atoms with E-state index in [1.807, 2.05) is 13.0 Å². The molecule has 1 aromatic heterocycles. The maximum absolute atomic E-state index is 11.6. The number of nitrogens with zero attached hydrogens (tertiary/aromatic N) is 2. The summed E-state index contributed by atoms with van der Waals surface area (Å²) in [7, 11) is 0. The number of carbonyl (C=O) groups is 1. The number of amides is 1. The summed E-state index contributed by atoms with van der Waals surface area (Å²) in [6.07, 6.45) is 6.59. The highest BCUT2D eigenvalue weighted by Gasteiger charge is 2.10. The Bertz CT molecular complexity index is 1010. The second kappa shape index (κ2) is 12.3. The Balaban J connectivity index is 1.51. The molecule has 0 bridgehead atoms. The van der Waals surface area contributed by atoms with E-state index >= 15 is 0 Å². The Labute approximate surface area is 192 Å². The van der Waals surface area contributed by atoms with Crippen LogP contribution in [0.4, 0.5) is 0 Å². The first kappa shape index (κ1) is 23.8. The van der Waals surface area contributed by atoms with Crippen molar-refractivity contribution in [1.82, 2.24) is 14.9 Å². The summed E-state index contributed by atoms with van der Waals surface area (Å²) in [4.78, 5) is 16.5. The van der Waals surface area contributed by atoms with Gasteiger partial charge < -0.3 is 14.6 Å². The van der Waals surface area contributed by atoms with Crippen molar-refractivity contribution in [3.05, 3.63) is 59.4 Å². The fourth-order valence-corrected chi connectivity index (χ4v) is 3.96. The Kier molecular flexibility index (Phi) is 9.14. The predicted octanol–water partition coefficient (Wildman–Crippen LogP) is 5.75. The Morgan fingerprint density at radius 3 is 2.75 bits per heavy atom. The van der Waals surface area contributed by atoms with Crippen molar-refractivity contribution in [3.8, 4) is 5.75 Å². The maximum Gasteiger partial charge on any atom is 0.219 e. The van der Waals surface area contributed by atoms with Gasteiger partial charge in [0.05, 0.1) is 17.6 Å². The fourth-order valence-electron chi connectivity index (χ4n) is 3.96. The van der Waals surface area contributed by atoms with Crippen LogP contribution in [0.1, 0.15) is 62.4 Å². The lowest BCUT2D eigenvalue weighted by molar-refractivity contribution is -0.121. The van der Waals surface area contributed by atoms with Crippen LogP contribution < -0.4 is 10.1 Å². The van der Waals surface area contributed by atoms with Gasteiger partial charge in [-0.3, -0.25) is 4.79 Å². The number of hydrogen-bond donors (Lipinski definition) is 1. The van der Waals surface area contributed by atoms with E-state index in [2.05, 4.69) is 60.1 Å². The summed E-state index contributed by atoms with van der Waals surface area (Å²) < 4.78 is 8.41. The topological polar surface area (TPSA) is 56.2 Å². The molecular weight excluding hydrogens is 398 g/mol. The number of aromatic nitrogens is 2. The van der Waals surface area contributed by atoms with Crippen molar-refractivity contribution in [1.29, 1.82) is 0 Å². The number of fused-ring (bicyclic) bond motifs is 1. The van der Waals surface area contributed by atoms with E-state index in [1.54, 1.807) is 0 Å². The smallest absolute Gasteiger partial charge is 0.219 e. The molecule has 1 amide bonds. The van der Waals surface area contributed by atoms with Crippen LogP contribution in [0.3, 0.4) is 0 Å².